The molecule has 0 saturated carbocycles. The molecule has 1 amide bonds. The maximum absolute atomic E-state index is 13.1. The number of hydrogen-bond donors (Lipinski definition) is 1. The second-order valence-electron chi connectivity index (χ2n) is 6.69. The van der Waals surface area contributed by atoms with E-state index in [0.717, 1.165) is 29.8 Å². The van der Waals surface area contributed by atoms with Crippen molar-refractivity contribution in [3.63, 3.8) is 0 Å². The lowest BCUT2D eigenvalue weighted by Gasteiger charge is -2.34. The van der Waals surface area contributed by atoms with Crippen LogP contribution >= 0.6 is 0 Å². The van der Waals surface area contributed by atoms with Crippen LogP contribution in [0.5, 0.6) is 0 Å². The van der Waals surface area contributed by atoms with Gasteiger partial charge in [-0.1, -0.05) is 6.07 Å². The fourth-order valence-corrected chi connectivity index (χ4v) is 3.30. The lowest BCUT2D eigenvalue weighted by molar-refractivity contribution is -0.142. The minimum Gasteiger partial charge on any atom is -0.338 e. The van der Waals surface area contributed by atoms with Gasteiger partial charge in [-0.05, 0) is 49.9 Å². The van der Waals surface area contributed by atoms with Gasteiger partial charge in [0, 0.05) is 24.7 Å². The molecule has 2 aromatic rings. The summed E-state index contributed by atoms with van der Waals surface area (Å²) in [7, 11) is 0. The van der Waals surface area contributed by atoms with Gasteiger partial charge in [0.15, 0.2) is 0 Å². The summed E-state index contributed by atoms with van der Waals surface area (Å²) < 4.78 is 40.1. The molecular weight excluding hydrogens is 345 g/mol. The zero-order valence-corrected chi connectivity index (χ0v) is 14.4. The van der Waals surface area contributed by atoms with Gasteiger partial charge in [-0.15, -0.1) is 0 Å². The highest BCUT2D eigenvalue weighted by Gasteiger charge is 2.35. The van der Waals surface area contributed by atoms with Crippen LogP contribution in [-0.4, -0.2) is 39.7 Å². The smallest absolute Gasteiger partial charge is 0.338 e. The zero-order chi connectivity index (χ0) is 18.9. The summed E-state index contributed by atoms with van der Waals surface area (Å²) >= 11 is 0. The van der Waals surface area contributed by atoms with E-state index in [-0.39, 0.29) is 23.6 Å². The maximum atomic E-state index is 13.1. The van der Waals surface area contributed by atoms with Gasteiger partial charge in [0.05, 0.1) is 11.9 Å². The molecule has 2 heterocycles. The van der Waals surface area contributed by atoms with Crippen molar-refractivity contribution in [2.24, 2.45) is 11.7 Å². The first kappa shape index (κ1) is 18.4. The van der Waals surface area contributed by atoms with Gasteiger partial charge in [-0.3, -0.25) is 4.79 Å². The normalized spacial score (nSPS) is 19.4. The number of likely N-dealkylation sites (tertiary alicyclic amines) is 1. The lowest BCUT2D eigenvalue weighted by atomic mass is 9.92. The van der Waals surface area contributed by atoms with E-state index in [9.17, 15) is 18.0 Å². The molecule has 2 atom stereocenters. The van der Waals surface area contributed by atoms with Crippen LogP contribution < -0.4 is 5.73 Å². The average Bonchev–Trinajstić information content (AvgIpc) is 3.11. The number of nitrogens with zero attached hydrogens (tertiary/aromatic N) is 3. The molecule has 1 aromatic heterocycles. The third-order valence-corrected chi connectivity index (χ3v) is 4.76. The minimum absolute atomic E-state index is 0.00430. The Kier molecular flexibility index (Phi) is 5.04. The summed E-state index contributed by atoms with van der Waals surface area (Å²) in [4.78, 5) is 14.5. The number of carbonyl (C=O) groups excluding carboxylic acids is 1. The third kappa shape index (κ3) is 3.75. The number of hydrogen-bond acceptors (Lipinski definition) is 3. The average molecular weight is 366 g/mol. The summed E-state index contributed by atoms with van der Waals surface area (Å²) in [5.74, 6) is 0.0387. The molecular formula is C18H21F3N4O. The highest BCUT2D eigenvalue weighted by molar-refractivity contribution is 5.94. The highest BCUT2D eigenvalue weighted by atomic mass is 19.4. The molecule has 5 nitrogen and oxygen atoms in total. The Morgan fingerprint density at radius 2 is 2.12 bits per heavy atom. The van der Waals surface area contributed by atoms with Gasteiger partial charge >= 0.3 is 6.18 Å². The largest absolute Gasteiger partial charge is 0.433 e. The molecule has 140 valence electrons. The van der Waals surface area contributed by atoms with E-state index in [4.69, 9.17) is 5.73 Å². The molecule has 1 aliphatic heterocycles. The van der Waals surface area contributed by atoms with Crippen LogP contribution in [0.2, 0.25) is 0 Å². The fraction of sp³-hybridized carbons (Fsp3) is 0.444. The SMILES string of the molecule is C[C@@H](N)[C@H]1CCCN(C(=O)c2cccc(-n3nccc3C(F)(F)F)c2)C1. The van der Waals surface area contributed by atoms with Crippen molar-refractivity contribution in [2.45, 2.75) is 32.0 Å². The molecule has 2 N–H and O–H groups in total. The van der Waals surface area contributed by atoms with Gasteiger partial charge in [-0.25, -0.2) is 4.68 Å². The van der Waals surface area contributed by atoms with Crippen molar-refractivity contribution in [3.05, 3.63) is 47.8 Å². The van der Waals surface area contributed by atoms with Crippen LogP contribution in [0.3, 0.4) is 0 Å². The molecule has 1 aliphatic rings. The summed E-state index contributed by atoms with van der Waals surface area (Å²) in [5.41, 5.74) is 5.63. The molecule has 8 heteroatoms. The van der Waals surface area contributed by atoms with E-state index >= 15 is 0 Å². The monoisotopic (exact) mass is 366 g/mol. The Morgan fingerprint density at radius 3 is 2.81 bits per heavy atom. The molecule has 26 heavy (non-hydrogen) atoms. The van der Waals surface area contributed by atoms with Gasteiger partial charge in [-0.2, -0.15) is 18.3 Å². The number of aromatic nitrogens is 2. The van der Waals surface area contributed by atoms with E-state index < -0.39 is 11.9 Å². The van der Waals surface area contributed by atoms with Crippen LogP contribution in [0, 0.1) is 5.92 Å². The van der Waals surface area contributed by atoms with Crippen molar-refractivity contribution in [1.29, 1.82) is 0 Å². The Balaban J connectivity index is 1.86. The molecule has 0 radical (unpaired) electrons. The number of piperidine rings is 1. The second-order valence-corrected chi connectivity index (χ2v) is 6.69. The predicted molar refractivity (Wildman–Crippen MR) is 90.8 cm³/mol. The summed E-state index contributed by atoms with van der Waals surface area (Å²) in [5, 5.41) is 3.76. The molecule has 3 rings (SSSR count). The van der Waals surface area contributed by atoms with E-state index in [1.807, 2.05) is 6.92 Å². The standard InChI is InChI=1S/C18H21F3N4O/c1-12(22)14-5-3-9-24(11-14)17(26)13-4-2-6-15(10-13)25-16(7-8-23-25)18(19,20)21/h2,4,6-8,10,12,14H,3,5,9,11,22H2,1H3/t12-,14+/m1/s1. The van der Waals surface area contributed by atoms with Crippen molar-refractivity contribution in [2.75, 3.05) is 13.1 Å². The van der Waals surface area contributed by atoms with E-state index in [0.29, 0.717) is 18.7 Å². The Labute approximate surface area is 149 Å². The van der Waals surface area contributed by atoms with Crippen LogP contribution in [0.25, 0.3) is 5.69 Å². The minimum atomic E-state index is -4.52. The number of benzene rings is 1. The van der Waals surface area contributed by atoms with Crippen LogP contribution in [0.1, 0.15) is 35.8 Å². The molecule has 1 saturated heterocycles. The number of rotatable bonds is 3. The van der Waals surface area contributed by atoms with Crippen molar-refractivity contribution in [1.82, 2.24) is 14.7 Å². The fourth-order valence-electron chi connectivity index (χ4n) is 3.30. The molecule has 0 unspecified atom stereocenters. The number of carbonyl (C=O) groups is 1. The van der Waals surface area contributed by atoms with Crippen LogP contribution in [-0.2, 0) is 6.18 Å². The molecule has 0 spiro atoms. The van der Waals surface area contributed by atoms with Crippen LogP contribution in [0.4, 0.5) is 13.2 Å². The summed E-state index contributed by atoms with van der Waals surface area (Å²) in [6.07, 6.45) is -1.58. The number of amides is 1. The van der Waals surface area contributed by atoms with Crippen molar-refractivity contribution >= 4 is 5.91 Å². The zero-order valence-electron chi connectivity index (χ0n) is 14.4. The lowest BCUT2D eigenvalue weighted by Crippen LogP contribution is -2.45. The number of alkyl halides is 3. The third-order valence-electron chi connectivity index (χ3n) is 4.76. The van der Waals surface area contributed by atoms with E-state index in [2.05, 4.69) is 5.10 Å². The van der Waals surface area contributed by atoms with Gasteiger partial charge in [0.2, 0.25) is 0 Å². The van der Waals surface area contributed by atoms with Gasteiger partial charge < -0.3 is 10.6 Å². The quantitative estimate of drug-likeness (QED) is 0.908. The first-order valence-electron chi connectivity index (χ1n) is 8.54. The molecule has 1 fully saturated rings. The van der Waals surface area contributed by atoms with Crippen molar-refractivity contribution < 1.29 is 18.0 Å². The molecule has 0 bridgehead atoms. The second kappa shape index (κ2) is 7.11. The van der Waals surface area contributed by atoms with E-state index in [1.165, 1.54) is 12.1 Å². The molecule has 1 aromatic carbocycles. The maximum Gasteiger partial charge on any atom is 0.433 e. The summed E-state index contributed by atoms with van der Waals surface area (Å²) in [6, 6.07) is 7.03. The van der Waals surface area contributed by atoms with Gasteiger partial charge in [0.1, 0.15) is 5.69 Å². The first-order valence-corrected chi connectivity index (χ1v) is 8.54. The van der Waals surface area contributed by atoms with E-state index in [1.54, 1.807) is 17.0 Å². The number of halogens is 3. The topological polar surface area (TPSA) is 64.2 Å². The molecule has 0 aliphatic carbocycles. The first-order chi connectivity index (χ1) is 12.3. The Hall–Kier alpha value is -2.35. The highest BCUT2D eigenvalue weighted by Crippen LogP contribution is 2.30. The number of nitrogens with two attached hydrogens (primary N) is 1. The summed E-state index contributed by atoms with van der Waals surface area (Å²) in [6.45, 7) is 3.12. The van der Waals surface area contributed by atoms with Crippen LogP contribution in [0.15, 0.2) is 36.5 Å². The van der Waals surface area contributed by atoms with Crippen molar-refractivity contribution in [3.8, 4) is 5.69 Å². The van der Waals surface area contributed by atoms with Gasteiger partial charge in [0.25, 0.3) is 5.91 Å². The predicted octanol–water partition coefficient (Wildman–Crippen LogP) is 3.09. The Bertz CT molecular complexity index is 785. The Morgan fingerprint density at radius 1 is 1.35 bits per heavy atom.